The maximum atomic E-state index is 13.4. The third-order valence-corrected chi connectivity index (χ3v) is 9.24. The van der Waals surface area contributed by atoms with E-state index >= 15 is 0 Å². The largest absolute Gasteiger partial charge is 0.493 e. The minimum atomic E-state index is -0.0728. The summed E-state index contributed by atoms with van der Waals surface area (Å²) in [6.07, 6.45) is 9.39. The fourth-order valence-electron chi connectivity index (χ4n) is 6.52. The van der Waals surface area contributed by atoms with Gasteiger partial charge in [0.2, 0.25) is 0 Å². The molecule has 50 heavy (non-hydrogen) atoms. The van der Waals surface area contributed by atoms with E-state index in [2.05, 4.69) is 22.1 Å². The highest BCUT2D eigenvalue weighted by atomic mass is 16.5. The van der Waals surface area contributed by atoms with Gasteiger partial charge in [0.1, 0.15) is 13.2 Å². The zero-order valence-electron chi connectivity index (χ0n) is 29.4. The molecule has 0 bridgehead atoms. The molecule has 260 valence electrons. The Morgan fingerprint density at radius 3 is 1.54 bits per heavy atom. The first-order chi connectivity index (χ1) is 24.4. The minimum absolute atomic E-state index is 0.0638. The zero-order valence-corrected chi connectivity index (χ0v) is 29.4. The Kier molecular flexibility index (Phi) is 10.3. The maximum absolute atomic E-state index is 13.4. The normalized spacial score (nSPS) is 20.4. The van der Waals surface area contributed by atoms with Crippen LogP contribution in [0.2, 0.25) is 0 Å². The van der Waals surface area contributed by atoms with E-state index in [0.717, 1.165) is 12.8 Å². The van der Waals surface area contributed by atoms with Gasteiger partial charge < -0.3 is 28.7 Å². The summed E-state index contributed by atoms with van der Waals surface area (Å²) in [6, 6.07) is 12.4. The smallest absolute Gasteiger partial charge is 0.257 e. The molecule has 1 aromatic heterocycles. The van der Waals surface area contributed by atoms with E-state index in [4.69, 9.17) is 23.9 Å². The van der Waals surface area contributed by atoms with Gasteiger partial charge in [-0.1, -0.05) is 43.2 Å². The molecule has 2 fully saturated rings. The molecule has 4 aliphatic rings. The third kappa shape index (κ3) is 6.72. The molecule has 2 atom stereocenters. The number of carbonyl (C=O) groups excluding carboxylic acids is 2. The second-order valence-corrected chi connectivity index (χ2v) is 12.1. The third-order valence-electron chi connectivity index (χ3n) is 9.24. The van der Waals surface area contributed by atoms with Crippen molar-refractivity contribution in [1.29, 1.82) is 0 Å². The first-order valence-corrected chi connectivity index (χ1v) is 17.0. The quantitative estimate of drug-likeness (QED) is 0.235. The standard InChI is InChI=1S/C37H37N5O6.C2H6/c1-5-22-10-26-16-38-30-14-34(32(45-3)12-28(30)36(43)41(26)18-22)47-20-24-8-7-9-25(40-24)21-48-35-15-31-29(13-33(35)46-4)37(44)42-19-23(6-2)11-27(42)17-39-31;1-2/h5-9,12-17,26-27H,10-11,18-21H2,1-4H3;1-2H3/b22-5+,23-6+;. The molecule has 2 amide bonds. The number of pyridine rings is 1. The van der Waals surface area contributed by atoms with Crippen LogP contribution in [0.15, 0.2) is 75.7 Å². The van der Waals surface area contributed by atoms with Gasteiger partial charge in [-0.15, -0.1) is 0 Å². The topological polar surface area (TPSA) is 115 Å². The number of nitrogens with zero attached hydrogens (tertiary/aromatic N) is 5. The van der Waals surface area contributed by atoms with Crippen molar-refractivity contribution in [1.82, 2.24) is 14.8 Å². The number of allylic oxidation sites excluding steroid dienone is 2. The molecule has 4 aliphatic heterocycles. The molecule has 11 heteroatoms. The number of rotatable bonds is 8. The Morgan fingerprint density at radius 1 is 0.700 bits per heavy atom. The fraction of sp³-hybridized carbons (Fsp3) is 0.359. The number of amides is 2. The van der Waals surface area contributed by atoms with Gasteiger partial charge in [0.15, 0.2) is 23.0 Å². The molecular weight excluding hydrogens is 634 g/mol. The summed E-state index contributed by atoms with van der Waals surface area (Å²) in [4.78, 5) is 44.5. The van der Waals surface area contributed by atoms with E-state index in [-0.39, 0.29) is 37.1 Å². The number of methoxy groups -OCH3 is 2. The van der Waals surface area contributed by atoms with Gasteiger partial charge in [0.05, 0.1) is 60.2 Å². The molecule has 2 saturated heterocycles. The number of carbonyl (C=O) groups is 2. The predicted octanol–water partition coefficient (Wildman–Crippen LogP) is 7.04. The van der Waals surface area contributed by atoms with Gasteiger partial charge in [0.25, 0.3) is 11.8 Å². The van der Waals surface area contributed by atoms with Crippen LogP contribution in [0.1, 0.15) is 72.6 Å². The van der Waals surface area contributed by atoms with E-state index in [9.17, 15) is 9.59 Å². The van der Waals surface area contributed by atoms with Gasteiger partial charge >= 0.3 is 0 Å². The van der Waals surface area contributed by atoms with Crippen LogP contribution in [-0.4, -0.2) is 78.4 Å². The van der Waals surface area contributed by atoms with Crippen molar-refractivity contribution in [2.75, 3.05) is 27.3 Å². The number of ether oxygens (including phenoxy) is 4. The second-order valence-electron chi connectivity index (χ2n) is 12.1. The Balaban J connectivity index is 0.00000212. The first-order valence-electron chi connectivity index (χ1n) is 17.0. The second kappa shape index (κ2) is 15.0. The van der Waals surface area contributed by atoms with E-state index in [1.54, 1.807) is 38.5 Å². The molecule has 7 rings (SSSR count). The fourth-order valence-corrected chi connectivity index (χ4v) is 6.52. The lowest BCUT2D eigenvalue weighted by molar-refractivity contribution is 0.0769. The van der Waals surface area contributed by atoms with Crippen LogP contribution < -0.4 is 18.9 Å². The minimum Gasteiger partial charge on any atom is -0.493 e. The van der Waals surface area contributed by atoms with Crippen LogP contribution in [0, 0.1) is 0 Å². The molecule has 2 aromatic carbocycles. The highest BCUT2D eigenvalue weighted by Crippen LogP contribution is 2.40. The van der Waals surface area contributed by atoms with Crippen LogP contribution in [-0.2, 0) is 13.2 Å². The zero-order chi connectivity index (χ0) is 35.4. The van der Waals surface area contributed by atoms with Crippen LogP contribution in [0.4, 0.5) is 11.4 Å². The Bertz CT molecular complexity index is 1780. The number of fused-ring (bicyclic) bond motifs is 4. The summed E-state index contributed by atoms with van der Waals surface area (Å²) >= 11 is 0. The van der Waals surface area contributed by atoms with Crippen molar-refractivity contribution in [3.05, 3.63) is 88.3 Å². The first kappa shape index (κ1) is 34.4. The average Bonchev–Trinajstić information content (AvgIpc) is 3.72. The summed E-state index contributed by atoms with van der Waals surface area (Å²) in [7, 11) is 3.10. The van der Waals surface area contributed by atoms with Crippen LogP contribution >= 0.6 is 0 Å². The Hall–Kier alpha value is -5.45. The monoisotopic (exact) mass is 677 g/mol. The molecule has 0 N–H and O–H groups in total. The molecule has 3 aromatic rings. The summed E-state index contributed by atoms with van der Waals surface area (Å²) in [5, 5.41) is 0. The highest BCUT2D eigenvalue weighted by Gasteiger charge is 2.36. The van der Waals surface area contributed by atoms with E-state index in [1.807, 2.05) is 68.1 Å². The van der Waals surface area contributed by atoms with E-state index in [0.29, 0.717) is 70.0 Å². The Morgan fingerprint density at radius 2 is 1.14 bits per heavy atom. The molecule has 11 nitrogen and oxygen atoms in total. The molecule has 0 spiro atoms. The van der Waals surface area contributed by atoms with Crippen molar-refractivity contribution in [2.24, 2.45) is 9.98 Å². The van der Waals surface area contributed by atoms with Crippen molar-refractivity contribution in [2.45, 2.75) is 65.8 Å². The van der Waals surface area contributed by atoms with Crippen molar-refractivity contribution in [3.63, 3.8) is 0 Å². The van der Waals surface area contributed by atoms with Gasteiger partial charge in [-0.3, -0.25) is 24.6 Å². The lowest BCUT2D eigenvalue weighted by Gasteiger charge is -2.20. The molecule has 5 heterocycles. The van der Waals surface area contributed by atoms with Gasteiger partial charge in [-0.05, 0) is 51.0 Å². The number of hydrogen-bond acceptors (Lipinski definition) is 9. The van der Waals surface area contributed by atoms with E-state index in [1.165, 1.54) is 11.1 Å². The summed E-state index contributed by atoms with van der Waals surface area (Å²) in [6.45, 7) is 9.51. The maximum Gasteiger partial charge on any atom is 0.257 e. The molecule has 0 aliphatic carbocycles. The van der Waals surface area contributed by atoms with Crippen LogP contribution in [0.5, 0.6) is 23.0 Å². The van der Waals surface area contributed by atoms with Gasteiger partial charge in [-0.2, -0.15) is 0 Å². The predicted molar refractivity (Wildman–Crippen MR) is 193 cm³/mol. The van der Waals surface area contributed by atoms with E-state index < -0.39 is 0 Å². The van der Waals surface area contributed by atoms with Crippen molar-refractivity contribution in [3.8, 4) is 23.0 Å². The number of aromatic nitrogens is 1. The lowest BCUT2D eigenvalue weighted by Crippen LogP contribution is -2.35. The summed E-state index contributed by atoms with van der Waals surface area (Å²) in [5.41, 5.74) is 5.87. The summed E-state index contributed by atoms with van der Waals surface area (Å²) in [5.74, 6) is 1.67. The number of hydrogen-bond donors (Lipinski definition) is 0. The molecule has 0 saturated carbocycles. The molecular formula is C39H43N5O6. The van der Waals surface area contributed by atoms with Crippen molar-refractivity contribution >= 4 is 35.6 Å². The van der Waals surface area contributed by atoms with Gasteiger partial charge in [-0.25, -0.2) is 0 Å². The van der Waals surface area contributed by atoms with Crippen LogP contribution in [0.3, 0.4) is 0 Å². The lowest BCUT2D eigenvalue weighted by atomic mass is 10.1. The average molecular weight is 678 g/mol. The van der Waals surface area contributed by atoms with Crippen molar-refractivity contribution < 1.29 is 28.5 Å². The SMILES string of the molecule is C/C=C1\CC2C=Nc3cc(OCc4cccc(COc5cc6c(cc5OC)C(=O)N5C/C(=C/C)CC5C=N6)n4)c(OC)cc3C(=O)N2C1.CC. The Labute approximate surface area is 292 Å². The number of benzene rings is 2. The molecule has 0 radical (unpaired) electrons. The van der Waals surface area contributed by atoms with Crippen LogP contribution in [0.25, 0.3) is 0 Å². The highest BCUT2D eigenvalue weighted by molar-refractivity contribution is 6.04. The molecule has 2 unspecified atom stereocenters. The van der Waals surface area contributed by atoms with Gasteiger partial charge in [0, 0.05) is 37.7 Å². The number of aliphatic imine (C=N–C) groups is 2. The summed E-state index contributed by atoms with van der Waals surface area (Å²) < 4.78 is 23.5.